The number of aromatic nitrogens is 3. The van der Waals surface area contributed by atoms with E-state index in [0.717, 1.165) is 27.8 Å². The maximum atomic E-state index is 12.1. The van der Waals surface area contributed by atoms with Crippen molar-refractivity contribution < 1.29 is 14.6 Å². The molecule has 0 aliphatic rings. The number of ether oxygens (including phenoxy) is 1. The number of aryl methyl sites for hydroxylation is 1. The maximum absolute atomic E-state index is 12.1. The van der Waals surface area contributed by atoms with Crippen LogP contribution in [0.3, 0.4) is 0 Å². The second kappa shape index (κ2) is 7.56. The van der Waals surface area contributed by atoms with Crippen LogP contribution in [0.4, 0.5) is 0 Å². The Morgan fingerprint density at radius 2 is 2.13 bits per heavy atom. The van der Waals surface area contributed by atoms with E-state index in [0.29, 0.717) is 28.8 Å². The van der Waals surface area contributed by atoms with Crippen molar-refractivity contribution in [1.82, 2.24) is 15.0 Å². The SMILES string of the molecule is COc1cc(C)c2[nH]ccc2c1C(C)CC(C(=O)O)c1nc2ccc(C#N)cc2[nH]1. The molecule has 0 bridgehead atoms. The Morgan fingerprint density at radius 1 is 1.33 bits per heavy atom. The molecule has 152 valence electrons. The Hall–Kier alpha value is -3.79. The van der Waals surface area contributed by atoms with E-state index in [1.165, 1.54) is 0 Å². The average molecular weight is 402 g/mol. The molecule has 30 heavy (non-hydrogen) atoms. The first kappa shape index (κ1) is 19.5. The van der Waals surface area contributed by atoms with Gasteiger partial charge in [-0.15, -0.1) is 0 Å². The summed E-state index contributed by atoms with van der Waals surface area (Å²) in [6, 6.07) is 11.1. The minimum absolute atomic E-state index is 0.0946. The topological polar surface area (TPSA) is 115 Å². The first-order chi connectivity index (χ1) is 14.4. The second-order valence-electron chi connectivity index (χ2n) is 7.57. The van der Waals surface area contributed by atoms with Gasteiger partial charge in [-0.3, -0.25) is 4.79 Å². The minimum Gasteiger partial charge on any atom is -0.496 e. The number of rotatable bonds is 6. The predicted octanol–water partition coefficient (Wildman–Crippen LogP) is 4.59. The first-order valence-corrected chi connectivity index (χ1v) is 9.70. The highest BCUT2D eigenvalue weighted by Crippen LogP contribution is 2.40. The molecule has 7 nitrogen and oxygen atoms in total. The van der Waals surface area contributed by atoms with Crippen molar-refractivity contribution in [1.29, 1.82) is 5.26 Å². The number of fused-ring (bicyclic) bond motifs is 2. The summed E-state index contributed by atoms with van der Waals surface area (Å²) in [6.07, 6.45) is 2.23. The zero-order valence-electron chi connectivity index (χ0n) is 17.0. The molecule has 0 amide bonds. The van der Waals surface area contributed by atoms with Gasteiger partial charge in [-0.1, -0.05) is 6.92 Å². The lowest BCUT2D eigenvalue weighted by molar-refractivity contribution is -0.139. The molecule has 0 saturated heterocycles. The van der Waals surface area contributed by atoms with Crippen LogP contribution in [-0.4, -0.2) is 33.1 Å². The van der Waals surface area contributed by atoms with Crippen LogP contribution < -0.4 is 4.74 Å². The van der Waals surface area contributed by atoms with Crippen LogP contribution in [0, 0.1) is 18.3 Å². The Bertz CT molecular complexity index is 1300. The number of imidazole rings is 1. The Labute approximate surface area is 173 Å². The summed E-state index contributed by atoms with van der Waals surface area (Å²) in [6.45, 7) is 4.02. The summed E-state index contributed by atoms with van der Waals surface area (Å²) in [5, 5.41) is 20.1. The number of aliphatic carboxylic acids is 1. The fourth-order valence-corrected chi connectivity index (χ4v) is 4.14. The van der Waals surface area contributed by atoms with Gasteiger partial charge in [-0.05, 0) is 55.2 Å². The molecular formula is C23H22N4O3. The van der Waals surface area contributed by atoms with E-state index in [1.54, 1.807) is 25.3 Å². The molecule has 4 aromatic rings. The fraction of sp³-hybridized carbons (Fsp3) is 0.261. The number of hydrogen-bond acceptors (Lipinski definition) is 4. The van der Waals surface area contributed by atoms with E-state index >= 15 is 0 Å². The average Bonchev–Trinajstić information content (AvgIpc) is 3.37. The number of H-pyrrole nitrogens is 2. The number of nitrogens with one attached hydrogen (secondary N) is 2. The molecule has 4 rings (SSSR count). The zero-order valence-corrected chi connectivity index (χ0v) is 17.0. The zero-order chi connectivity index (χ0) is 21.4. The number of nitriles is 1. The van der Waals surface area contributed by atoms with Gasteiger partial charge in [0.25, 0.3) is 0 Å². The van der Waals surface area contributed by atoms with Crippen molar-refractivity contribution in [2.24, 2.45) is 0 Å². The maximum Gasteiger partial charge on any atom is 0.314 e. The number of carboxylic acids is 1. The molecule has 3 N–H and O–H groups in total. The highest BCUT2D eigenvalue weighted by molar-refractivity contribution is 5.89. The summed E-state index contributed by atoms with van der Waals surface area (Å²) in [4.78, 5) is 23.0. The van der Waals surface area contributed by atoms with Crippen LogP contribution in [0.25, 0.3) is 21.9 Å². The number of carboxylic acid groups (broad SMARTS) is 1. The summed E-state index contributed by atoms with van der Waals surface area (Å²) in [5.41, 5.74) is 4.87. The molecule has 2 unspecified atom stereocenters. The van der Waals surface area contributed by atoms with E-state index in [4.69, 9.17) is 10.00 Å². The van der Waals surface area contributed by atoms with E-state index < -0.39 is 11.9 Å². The molecule has 2 atom stereocenters. The molecule has 0 saturated carbocycles. The minimum atomic E-state index is -0.946. The van der Waals surface area contributed by atoms with Gasteiger partial charge in [0.1, 0.15) is 17.5 Å². The fourth-order valence-electron chi connectivity index (χ4n) is 4.14. The molecule has 2 aromatic carbocycles. The third-order valence-electron chi connectivity index (χ3n) is 5.60. The van der Waals surface area contributed by atoms with Crippen LogP contribution in [0.5, 0.6) is 5.75 Å². The third-order valence-corrected chi connectivity index (χ3v) is 5.60. The van der Waals surface area contributed by atoms with E-state index in [2.05, 4.69) is 21.0 Å². The van der Waals surface area contributed by atoms with Crippen molar-refractivity contribution >= 4 is 27.9 Å². The van der Waals surface area contributed by atoms with Crippen molar-refractivity contribution in [3.05, 3.63) is 59.0 Å². The first-order valence-electron chi connectivity index (χ1n) is 9.70. The second-order valence-corrected chi connectivity index (χ2v) is 7.57. The Morgan fingerprint density at radius 3 is 2.83 bits per heavy atom. The van der Waals surface area contributed by atoms with Crippen LogP contribution in [0.2, 0.25) is 0 Å². The predicted molar refractivity (Wildman–Crippen MR) is 114 cm³/mol. The van der Waals surface area contributed by atoms with Crippen LogP contribution >= 0.6 is 0 Å². The van der Waals surface area contributed by atoms with Gasteiger partial charge >= 0.3 is 5.97 Å². The van der Waals surface area contributed by atoms with Crippen LogP contribution in [-0.2, 0) is 4.79 Å². The normalized spacial score (nSPS) is 13.3. The van der Waals surface area contributed by atoms with E-state index in [1.807, 2.05) is 32.2 Å². The monoisotopic (exact) mass is 402 g/mol. The standard InChI is InChI=1S/C23H22N4O3/c1-12(20-15-6-7-25-21(15)13(2)9-19(20)30-3)8-16(23(28)29)22-26-17-5-4-14(11-24)10-18(17)27-22/h4-7,9-10,12,16,25H,8H2,1-3H3,(H,26,27)(H,28,29). The summed E-state index contributed by atoms with van der Waals surface area (Å²) in [7, 11) is 1.63. The lowest BCUT2D eigenvalue weighted by Crippen LogP contribution is -2.16. The van der Waals surface area contributed by atoms with E-state index in [-0.39, 0.29) is 5.92 Å². The van der Waals surface area contributed by atoms with Gasteiger partial charge in [0.15, 0.2) is 0 Å². The Balaban J connectivity index is 1.74. The molecule has 0 aliphatic heterocycles. The number of methoxy groups -OCH3 is 1. The third kappa shape index (κ3) is 3.26. The van der Waals surface area contributed by atoms with Crippen molar-refractivity contribution in [2.75, 3.05) is 7.11 Å². The molecule has 0 spiro atoms. The van der Waals surface area contributed by atoms with E-state index in [9.17, 15) is 9.90 Å². The number of carbonyl (C=O) groups is 1. The van der Waals surface area contributed by atoms with Crippen molar-refractivity contribution in [3.8, 4) is 11.8 Å². The van der Waals surface area contributed by atoms with Gasteiger partial charge in [-0.25, -0.2) is 4.98 Å². The lowest BCUT2D eigenvalue weighted by atomic mass is 9.86. The number of hydrogen-bond donors (Lipinski definition) is 3. The number of benzene rings is 2. The highest BCUT2D eigenvalue weighted by Gasteiger charge is 2.28. The van der Waals surface area contributed by atoms with Gasteiger partial charge in [0.2, 0.25) is 0 Å². The van der Waals surface area contributed by atoms with Crippen LogP contribution in [0.15, 0.2) is 36.5 Å². The summed E-state index contributed by atoms with van der Waals surface area (Å²) < 4.78 is 5.63. The van der Waals surface area contributed by atoms with Crippen molar-refractivity contribution in [2.45, 2.75) is 32.1 Å². The van der Waals surface area contributed by atoms with Gasteiger partial charge in [0.05, 0.1) is 29.8 Å². The van der Waals surface area contributed by atoms with Crippen molar-refractivity contribution in [3.63, 3.8) is 0 Å². The van der Waals surface area contributed by atoms with Crippen LogP contribution in [0.1, 0.15) is 47.7 Å². The highest BCUT2D eigenvalue weighted by atomic mass is 16.5. The van der Waals surface area contributed by atoms with Gasteiger partial charge in [0, 0.05) is 22.7 Å². The molecule has 0 aliphatic carbocycles. The molecular weight excluding hydrogens is 380 g/mol. The summed E-state index contributed by atoms with van der Waals surface area (Å²) in [5.74, 6) is -0.728. The van der Waals surface area contributed by atoms with Gasteiger partial charge in [-0.2, -0.15) is 5.26 Å². The molecule has 2 heterocycles. The van der Waals surface area contributed by atoms with Gasteiger partial charge < -0.3 is 19.8 Å². The summed E-state index contributed by atoms with van der Waals surface area (Å²) >= 11 is 0. The molecule has 2 aromatic heterocycles. The number of nitrogens with zero attached hydrogens (tertiary/aromatic N) is 2. The number of aromatic amines is 2. The Kier molecular flexibility index (Phi) is 4.92. The largest absolute Gasteiger partial charge is 0.496 e. The quantitative estimate of drug-likeness (QED) is 0.436. The lowest BCUT2D eigenvalue weighted by Gasteiger charge is -2.20. The molecule has 0 radical (unpaired) electrons. The molecule has 7 heteroatoms. The smallest absolute Gasteiger partial charge is 0.314 e. The molecule has 0 fully saturated rings.